The quantitative estimate of drug-likeness (QED) is 0.732. The van der Waals surface area contributed by atoms with Crippen molar-refractivity contribution in [3.05, 3.63) is 0 Å². The molecule has 0 aromatic rings. The first-order valence-electron chi connectivity index (χ1n) is 7.82. The fourth-order valence-electron chi connectivity index (χ4n) is 3.36. The Morgan fingerprint density at radius 1 is 1.36 bits per heavy atom. The van der Waals surface area contributed by atoms with Crippen LogP contribution in [0.2, 0.25) is 0 Å². The minimum atomic E-state index is -1.05. The molecule has 1 unspecified atom stereocenters. The molecule has 1 saturated carbocycles. The van der Waals surface area contributed by atoms with E-state index in [9.17, 15) is 14.4 Å². The van der Waals surface area contributed by atoms with Crippen LogP contribution in [0.25, 0.3) is 0 Å². The zero-order valence-corrected chi connectivity index (χ0v) is 13.0. The Morgan fingerprint density at radius 2 is 2.05 bits per heavy atom. The summed E-state index contributed by atoms with van der Waals surface area (Å²) in [4.78, 5) is 38.7. The van der Waals surface area contributed by atoms with Gasteiger partial charge in [-0.3, -0.25) is 14.4 Å². The number of aliphatic carboxylic acids is 1. The first-order valence-corrected chi connectivity index (χ1v) is 7.82. The summed E-state index contributed by atoms with van der Waals surface area (Å²) in [6.45, 7) is 0.587. The van der Waals surface area contributed by atoms with Gasteiger partial charge in [-0.2, -0.15) is 0 Å². The first kappa shape index (κ1) is 16.7. The van der Waals surface area contributed by atoms with Gasteiger partial charge in [-0.1, -0.05) is 12.8 Å². The number of nitrogens with zero attached hydrogens (tertiary/aromatic N) is 2. The summed E-state index contributed by atoms with van der Waals surface area (Å²) in [7, 11) is 1.50. The van der Waals surface area contributed by atoms with Crippen molar-refractivity contribution in [2.45, 2.75) is 38.1 Å². The number of methoxy groups -OCH3 is 1. The van der Waals surface area contributed by atoms with Crippen molar-refractivity contribution in [1.82, 2.24) is 9.80 Å². The molecule has 1 atom stereocenters. The highest BCUT2D eigenvalue weighted by Gasteiger charge is 2.40. The average molecular weight is 312 g/mol. The molecular formula is C15H24N2O5. The van der Waals surface area contributed by atoms with Crippen LogP contribution in [0.15, 0.2) is 0 Å². The molecule has 0 aromatic carbocycles. The van der Waals surface area contributed by atoms with E-state index in [0.29, 0.717) is 6.54 Å². The molecular weight excluding hydrogens is 288 g/mol. The fraction of sp³-hybridized carbons (Fsp3) is 0.800. The van der Waals surface area contributed by atoms with Gasteiger partial charge in [0.05, 0.1) is 12.5 Å². The zero-order valence-electron chi connectivity index (χ0n) is 13.0. The maximum Gasteiger partial charge on any atom is 0.323 e. The summed E-state index contributed by atoms with van der Waals surface area (Å²) in [6.07, 6.45) is 4.47. The standard InChI is InChI=1S/C15H24N2O5/c1-22-7-6-16(10-14(19)20)15(21)11-8-13(18)17(9-11)12-4-2-3-5-12/h11-12H,2-10H2,1H3,(H,19,20). The van der Waals surface area contributed by atoms with E-state index in [-0.39, 0.29) is 44.0 Å². The average Bonchev–Trinajstić information content (AvgIpc) is 3.11. The number of likely N-dealkylation sites (tertiary alicyclic amines) is 1. The SMILES string of the molecule is COCCN(CC(=O)O)C(=O)C1CC(=O)N(C2CCCC2)C1. The zero-order chi connectivity index (χ0) is 16.1. The molecule has 1 saturated heterocycles. The van der Waals surface area contributed by atoms with Crippen LogP contribution < -0.4 is 0 Å². The highest BCUT2D eigenvalue weighted by atomic mass is 16.5. The number of carbonyl (C=O) groups excluding carboxylic acids is 2. The van der Waals surface area contributed by atoms with Gasteiger partial charge in [0.2, 0.25) is 11.8 Å². The summed E-state index contributed by atoms with van der Waals surface area (Å²) < 4.78 is 4.93. The molecule has 2 aliphatic rings. The molecule has 2 amide bonds. The Labute approximate surface area is 130 Å². The second-order valence-electron chi connectivity index (χ2n) is 6.03. The maximum atomic E-state index is 12.5. The number of carbonyl (C=O) groups is 3. The molecule has 1 N–H and O–H groups in total. The van der Waals surface area contributed by atoms with Gasteiger partial charge in [-0.25, -0.2) is 0 Å². The lowest BCUT2D eigenvalue weighted by atomic mass is 10.1. The minimum absolute atomic E-state index is 0.0206. The number of hydrogen-bond donors (Lipinski definition) is 1. The molecule has 1 heterocycles. The molecule has 7 nitrogen and oxygen atoms in total. The highest BCUT2D eigenvalue weighted by molar-refractivity contribution is 5.90. The summed E-state index contributed by atoms with van der Waals surface area (Å²) >= 11 is 0. The molecule has 22 heavy (non-hydrogen) atoms. The van der Waals surface area contributed by atoms with Crippen LogP contribution in [-0.2, 0) is 19.1 Å². The van der Waals surface area contributed by atoms with Gasteiger partial charge in [0, 0.05) is 32.7 Å². The second kappa shape index (κ2) is 7.58. The molecule has 0 bridgehead atoms. The third-order valence-electron chi connectivity index (χ3n) is 4.48. The second-order valence-corrected chi connectivity index (χ2v) is 6.03. The molecule has 2 fully saturated rings. The van der Waals surface area contributed by atoms with Gasteiger partial charge in [-0.05, 0) is 12.8 Å². The summed E-state index contributed by atoms with van der Waals surface area (Å²) in [5.41, 5.74) is 0. The van der Waals surface area contributed by atoms with E-state index in [4.69, 9.17) is 9.84 Å². The predicted molar refractivity (Wildman–Crippen MR) is 78.2 cm³/mol. The molecule has 2 rings (SSSR count). The van der Waals surface area contributed by atoms with E-state index in [1.165, 1.54) is 12.0 Å². The monoisotopic (exact) mass is 312 g/mol. The van der Waals surface area contributed by atoms with Gasteiger partial charge < -0.3 is 19.6 Å². The Morgan fingerprint density at radius 3 is 2.64 bits per heavy atom. The normalized spacial score (nSPS) is 22.3. The largest absolute Gasteiger partial charge is 0.480 e. The third kappa shape index (κ3) is 3.97. The lowest BCUT2D eigenvalue weighted by Gasteiger charge is -2.26. The topological polar surface area (TPSA) is 87.1 Å². The van der Waals surface area contributed by atoms with Crippen molar-refractivity contribution in [2.24, 2.45) is 5.92 Å². The van der Waals surface area contributed by atoms with Crippen LogP contribution in [0.4, 0.5) is 0 Å². The fourth-order valence-corrected chi connectivity index (χ4v) is 3.36. The molecule has 1 aliphatic heterocycles. The molecule has 0 spiro atoms. The van der Waals surface area contributed by atoms with Gasteiger partial charge >= 0.3 is 5.97 Å². The van der Waals surface area contributed by atoms with Crippen LogP contribution in [0, 0.1) is 5.92 Å². The Hall–Kier alpha value is -1.63. The molecule has 0 aromatic heterocycles. The molecule has 7 heteroatoms. The van der Waals surface area contributed by atoms with Crippen molar-refractivity contribution < 1.29 is 24.2 Å². The minimum Gasteiger partial charge on any atom is -0.480 e. The summed E-state index contributed by atoms with van der Waals surface area (Å²) in [5, 5.41) is 8.94. The van der Waals surface area contributed by atoms with Gasteiger partial charge in [0.15, 0.2) is 0 Å². The number of hydrogen-bond acceptors (Lipinski definition) is 4. The maximum absolute atomic E-state index is 12.5. The Bertz CT molecular complexity index is 434. The summed E-state index contributed by atoms with van der Waals surface area (Å²) in [6, 6.07) is 0.261. The third-order valence-corrected chi connectivity index (χ3v) is 4.48. The predicted octanol–water partition coefficient (Wildman–Crippen LogP) is 0.337. The number of amides is 2. The summed E-state index contributed by atoms with van der Waals surface area (Å²) in [5.74, 6) is -1.72. The molecule has 1 aliphatic carbocycles. The van der Waals surface area contributed by atoms with E-state index in [1.807, 2.05) is 4.90 Å². The van der Waals surface area contributed by atoms with Crippen molar-refractivity contribution in [3.63, 3.8) is 0 Å². The number of rotatable bonds is 7. The number of carboxylic acid groups (broad SMARTS) is 1. The van der Waals surface area contributed by atoms with E-state index in [2.05, 4.69) is 0 Å². The van der Waals surface area contributed by atoms with E-state index >= 15 is 0 Å². The lowest BCUT2D eigenvalue weighted by molar-refractivity contribution is -0.146. The van der Waals surface area contributed by atoms with Crippen LogP contribution in [0.5, 0.6) is 0 Å². The lowest BCUT2D eigenvalue weighted by Crippen LogP contribution is -2.42. The van der Waals surface area contributed by atoms with Crippen LogP contribution in [-0.4, -0.2) is 72.1 Å². The smallest absolute Gasteiger partial charge is 0.323 e. The van der Waals surface area contributed by atoms with E-state index < -0.39 is 11.9 Å². The molecule has 124 valence electrons. The Balaban J connectivity index is 1.97. The van der Waals surface area contributed by atoms with Gasteiger partial charge in [0.1, 0.15) is 6.54 Å². The first-order chi connectivity index (χ1) is 10.5. The Kier molecular flexibility index (Phi) is 5.76. The van der Waals surface area contributed by atoms with Crippen LogP contribution in [0.3, 0.4) is 0 Å². The van der Waals surface area contributed by atoms with Crippen LogP contribution in [0.1, 0.15) is 32.1 Å². The van der Waals surface area contributed by atoms with Crippen molar-refractivity contribution >= 4 is 17.8 Å². The van der Waals surface area contributed by atoms with E-state index in [0.717, 1.165) is 25.7 Å². The van der Waals surface area contributed by atoms with Crippen LogP contribution >= 0.6 is 0 Å². The van der Waals surface area contributed by atoms with Gasteiger partial charge in [0.25, 0.3) is 0 Å². The van der Waals surface area contributed by atoms with Crippen molar-refractivity contribution in [2.75, 3.05) is 33.4 Å². The van der Waals surface area contributed by atoms with Crippen molar-refractivity contribution in [3.8, 4) is 0 Å². The van der Waals surface area contributed by atoms with Gasteiger partial charge in [-0.15, -0.1) is 0 Å². The van der Waals surface area contributed by atoms with Crippen molar-refractivity contribution in [1.29, 1.82) is 0 Å². The number of ether oxygens (including phenoxy) is 1. The number of carboxylic acids is 1. The molecule has 0 radical (unpaired) electrons. The highest BCUT2D eigenvalue weighted by Crippen LogP contribution is 2.30. The van der Waals surface area contributed by atoms with E-state index in [1.54, 1.807) is 0 Å².